The lowest BCUT2D eigenvalue weighted by Crippen LogP contribution is -2.23. The van der Waals surface area contributed by atoms with Crippen molar-refractivity contribution in [2.75, 3.05) is 19.6 Å². The number of fused-ring (bicyclic) bond motifs is 2. The van der Waals surface area contributed by atoms with Crippen LogP contribution in [-0.4, -0.2) is 39.4 Å². The first-order valence-electron chi connectivity index (χ1n) is 6.40. The number of hydrogen-bond donors (Lipinski definition) is 0. The van der Waals surface area contributed by atoms with E-state index in [1.54, 1.807) is 10.8 Å². The predicted octanol–water partition coefficient (Wildman–Crippen LogP) is 1.39. The van der Waals surface area contributed by atoms with Crippen molar-refractivity contribution in [2.24, 2.45) is 11.8 Å². The van der Waals surface area contributed by atoms with Crippen LogP contribution in [0.4, 0.5) is 0 Å². The second-order valence-corrected chi connectivity index (χ2v) is 5.21. The zero-order valence-electron chi connectivity index (χ0n) is 9.95. The molecule has 0 spiro atoms. The Morgan fingerprint density at radius 3 is 2.88 bits per heavy atom. The van der Waals surface area contributed by atoms with Gasteiger partial charge in [-0.2, -0.15) is 14.8 Å². The lowest BCUT2D eigenvalue weighted by atomic mass is 10.2. The van der Waals surface area contributed by atoms with Gasteiger partial charge in [0.05, 0.1) is 11.2 Å². The van der Waals surface area contributed by atoms with Gasteiger partial charge in [0.1, 0.15) is 0 Å². The third-order valence-corrected chi connectivity index (χ3v) is 4.32. The first-order valence-corrected chi connectivity index (χ1v) is 6.40. The summed E-state index contributed by atoms with van der Waals surface area (Å²) in [6.45, 7) is 5.95. The molecule has 0 aromatic carbocycles. The largest absolute Gasteiger partial charge is 0.303 e. The molecular formula is C13H16N4. The molecule has 1 aliphatic carbocycles. The molecule has 3 heterocycles. The third kappa shape index (κ3) is 1.33. The van der Waals surface area contributed by atoms with E-state index in [1.165, 1.54) is 25.3 Å². The second kappa shape index (κ2) is 3.29. The average molecular weight is 228 g/mol. The molecule has 4 rings (SSSR count). The summed E-state index contributed by atoms with van der Waals surface area (Å²) in [4.78, 5) is 2.54. The standard InChI is InChI=1S/C13H16N4/c1-2-16-7-10-11(8-16)13(10)12-6-9-4-3-5-14-17(9)15-12/h3-6,10-11,13H,2,7-8H2,1H3. The van der Waals surface area contributed by atoms with Gasteiger partial charge in [0.2, 0.25) is 0 Å². The van der Waals surface area contributed by atoms with Gasteiger partial charge in [-0.15, -0.1) is 0 Å². The molecule has 88 valence electrons. The quantitative estimate of drug-likeness (QED) is 0.779. The lowest BCUT2D eigenvalue weighted by Gasteiger charge is -2.15. The van der Waals surface area contributed by atoms with Crippen molar-refractivity contribution >= 4 is 5.52 Å². The molecule has 0 radical (unpaired) electrons. The average Bonchev–Trinajstić information content (AvgIpc) is 2.79. The molecule has 0 N–H and O–H groups in total. The molecule has 2 aromatic rings. The molecule has 1 saturated heterocycles. The van der Waals surface area contributed by atoms with Gasteiger partial charge in [-0.25, -0.2) is 0 Å². The molecule has 1 aliphatic heterocycles. The van der Waals surface area contributed by atoms with Gasteiger partial charge in [0, 0.05) is 25.2 Å². The molecule has 2 unspecified atom stereocenters. The summed E-state index contributed by atoms with van der Waals surface area (Å²) in [7, 11) is 0. The Labute approximate surface area is 100 Å². The molecule has 4 heteroatoms. The zero-order valence-corrected chi connectivity index (χ0v) is 9.95. The van der Waals surface area contributed by atoms with Crippen LogP contribution in [0.2, 0.25) is 0 Å². The predicted molar refractivity (Wildman–Crippen MR) is 64.8 cm³/mol. The fraction of sp³-hybridized carbons (Fsp3) is 0.538. The highest BCUT2D eigenvalue weighted by Crippen LogP contribution is 2.57. The molecule has 17 heavy (non-hydrogen) atoms. The lowest BCUT2D eigenvalue weighted by molar-refractivity contribution is 0.313. The Morgan fingerprint density at radius 2 is 2.18 bits per heavy atom. The molecule has 2 aromatic heterocycles. The molecule has 4 nitrogen and oxygen atoms in total. The number of rotatable bonds is 2. The Kier molecular flexibility index (Phi) is 1.86. The van der Waals surface area contributed by atoms with E-state index < -0.39 is 0 Å². The van der Waals surface area contributed by atoms with Gasteiger partial charge in [-0.05, 0) is 36.6 Å². The van der Waals surface area contributed by atoms with Crippen molar-refractivity contribution in [3.8, 4) is 0 Å². The number of hydrogen-bond acceptors (Lipinski definition) is 3. The van der Waals surface area contributed by atoms with Crippen LogP contribution in [0.15, 0.2) is 24.4 Å². The maximum atomic E-state index is 4.60. The topological polar surface area (TPSA) is 33.4 Å². The first-order chi connectivity index (χ1) is 8.36. The van der Waals surface area contributed by atoms with Gasteiger partial charge in [0.15, 0.2) is 0 Å². The minimum Gasteiger partial charge on any atom is -0.303 e. The fourth-order valence-corrected chi connectivity index (χ4v) is 3.33. The highest BCUT2D eigenvalue weighted by atomic mass is 15.4. The van der Waals surface area contributed by atoms with E-state index in [0.717, 1.165) is 17.4 Å². The smallest absolute Gasteiger partial charge is 0.0876 e. The summed E-state index contributed by atoms with van der Waals surface area (Å²) in [6.07, 6.45) is 1.79. The summed E-state index contributed by atoms with van der Waals surface area (Å²) in [6, 6.07) is 6.24. The van der Waals surface area contributed by atoms with Crippen molar-refractivity contribution < 1.29 is 0 Å². The normalized spacial score (nSPS) is 31.9. The summed E-state index contributed by atoms with van der Waals surface area (Å²) < 4.78 is 1.75. The Morgan fingerprint density at radius 1 is 1.35 bits per heavy atom. The van der Waals surface area contributed by atoms with E-state index in [-0.39, 0.29) is 0 Å². The maximum absolute atomic E-state index is 4.60. The Balaban J connectivity index is 1.61. The number of likely N-dealkylation sites (tertiary alicyclic amines) is 1. The van der Waals surface area contributed by atoms with Crippen molar-refractivity contribution in [3.05, 3.63) is 30.1 Å². The zero-order chi connectivity index (χ0) is 11.4. The van der Waals surface area contributed by atoms with Crippen LogP contribution < -0.4 is 0 Å². The summed E-state index contributed by atoms with van der Waals surface area (Å²) in [5.41, 5.74) is 2.36. The van der Waals surface area contributed by atoms with E-state index in [2.05, 4.69) is 34.2 Å². The van der Waals surface area contributed by atoms with E-state index in [4.69, 9.17) is 0 Å². The second-order valence-electron chi connectivity index (χ2n) is 5.21. The maximum Gasteiger partial charge on any atom is 0.0876 e. The monoisotopic (exact) mass is 228 g/mol. The van der Waals surface area contributed by atoms with Crippen LogP contribution in [0, 0.1) is 11.8 Å². The van der Waals surface area contributed by atoms with Gasteiger partial charge < -0.3 is 4.90 Å². The van der Waals surface area contributed by atoms with Crippen LogP contribution in [0.5, 0.6) is 0 Å². The van der Waals surface area contributed by atoms with E-state index in [9.17, 15) is 0 Å². The number of nitrogens with zero attached hydrogens (tertiary/aromatic N) is 4. The first kappa shape index (κ1) is 9.59. The minimum atomic E-state index is 0.694. The molecule has 2 atom stereocenters. The van der Waals surface area contributed by atoms with Crippen molar-refractivity contribution in [1.29, 1.82) is 0 Å². The minimum absolute atomic E-state index is 0.694. The number of aromatic nitrogens is 3. The van der Waals surface area contributed by atoms with Gasteiger partial charge in [-0.3, -0.25) is 0 Å². The van der Waals surface area contributed by atoms with Crippen LogP contribution in [0.1, 0.15) is 18.5 Å². The van der Waals surface area contributed by atoms with E-state index in [1.807, 2.05) is 6.07 Å². The Bertz CT molecular complexity index is 516. The SMILES string of the molecule is CCN1CC2C(C1)C2c1cc2cccnn2n1. The summed E-state index contributed by atoms with van der Waals surface area (Å²) >= 11 is 0. The van der Waals surface area contributed by atoms with Crippen LogP contribution >= 0.6 is 0 Å². The number of piperidine rings is 1. The van der Waals surface area contributed by atoms with Gasteiger partial charge in [-0.1, -0.05) is 6.92 Å². The third-order valence-electron chi connectivity index (χ3n) is 4.32. The highest BCUT2D eigenvalue weighted by molar-refractivity contribution is 5.47. The van der Waals surface area contributed by atoms with Crippen molar-refractivity contribution in [2.45, 2.75) is 12.8 Å². The molecule has 0 bridgehead atoms. The Hall–Kier alpha value is -1.42. The van der Waals surface area contributed by atoms with E-state index >= 15 is 0 Å². The van der Waals surface area contributed by atoms with Crippen LogP contribution in [0.25, 0.3) is 5.52 Å². The molecule has 0 amide bonds. The van der Waals surface area contributed by atoms with Crippen LogP contribution in [0.3, 0.4) is 0 Å². The summed E-state index contributed by atoms with van der Waals surface area (Å²) in [5.74, 6) is 2.39. The molecule has 2 aliphatic rings. The van der Waals surface area contributed by atoms with E-state index in [0.29, 0.717) is 5.92 Å². The van der Waals surface area contributed by atoms with Gasteiger partial charge >= 0.3 is 0 Å². The van der Waals surface area contributed by atoms with Gasteiger partial charge in [0.25, 0.3) is 0 Å². The molecule has 1 saturated carbocycles. The molecule has 2 fully saturated rings. The summed E-state index contributed by atoms with van der Waals surface area (Å²) in [5, 5.41) is 8.83. The highest BCUT2D eigenvalue weighted by Gasteiger charge is 2.56. The fourth-order valence-electron chi connectivity index (χ4n) is 3.33. The van der Waals surface area contributed by atoms with Crippen molar-refractivity contribution in [1.82, 2.24) is 19.7 Å². The molecular weight excluding hydrogens is 212 g/mol. The van der Waals surface area contributed by atoms with Crippen LogP contribution in [-0.2, 0) is 0 Å². The van der Waals surface area contributed by atoms with Crippen molar-refractivity contribution in [3.63, 3.8) is 0 Å².